The molecule has 1 aromatic rings. The smallest absolute Gasteiger partial charge is 0.225 e. The van der Waals surface area contributed by atoms with E-state index >= 15 is 0 Å². The molecule has 1 fully saturated rings. The first kappa shape index (κ1) is 13.3. The molecular weight excluding hydrogens is 224 g/mol. The molecule has 0 saturated carbocycles. The van der Waals surface area contributed by atoms with Gasteiger partial charge in [0.05, 0.1) is 5.69 Å². The summed E-state index contributed by atoms with van der Waals surface area (Å²) >= 11 is 0. The molecule has 0 aliphatic carbocycles. The molecule has 1 aromatic heterocycles. The third kappa shape index (κ3) is 2.99. The van der Waals surface area contributed by atoms with Gasteiger partial charge in [-0.25, -0.2) is 9.97 Å². The van der Waals surface area contributed by atoms with Crippen molar-refractivity contribution >= 4 is 5.95 Å². The Morgan fingerprint density at radius 2 is 2.00 bits per heavy atom. The topological polar surface area (TPSA) is 55.0 Å². The SMILES string of the molecule is Cc1cc(CN)nc(N2CCC(C(C)C)CC2)n1. The lowest BCUT2D eigenvalue weighted by Gasteiger charge is -2.34. The first-order valence-corrected chi connectivity index (χ1v) is 6.89. The summed E-state index contributed by atoms with van der Waals surface area (Å²) in [6.45, 7) is 9.25. The fourth-order valence-corrected chi connectivity index (χ4v) is 2.63. The van der Waals surface area contributed by atoms with Crippen LogP contribution >= 0.6 is 0 Å². The van der Waals surface area contributed by atoms with Gasteiger partial charge in [-0.3, -0.25) is 0 Å². The van der Waals surface area contributed by atoms with E-state index in [0.717, 1.165) is 42.3 Å². The quantitative estimate of drug-likeness (QED) is 0.890. The van der Waals surface area contributed by atoms with Crippen molar-refractivity contribution in [2.75, 3.05) is 18.0 Å². The van der Waals surface area contributed by atoms with Crippen LogP contribution in [0.1, 0.15) is 38.1 Å². The summed E-state index contributed by atoms with van der Waals surface area (Å²) in [7, 11) is 0. The third-order valence-corrected chi connectivity index (χ3v) is 3.87. The summed E-state index contributed by atoms with van der Waals surface area (Å²) in [6, 6.07) is 1.96. The predicted molar refractivity (Wildman–Crippen MR) is 74.4 cm³/mol. The third-order valence-electron chi connectivity index (χ3n) is 3.87. The van der Waals surface area contributed by atoms with Gasteiger partial charge in [-0.1, -0.05) is 13.8 Å². The highest BCUT2D eigenvalue weighted by molar-refractivity contribution is 5.33. The lowest BCUT2D eigenvalue weighted by molar-refractivity contribution is 0.310. The van der Waals surface area contributed by atoms with Crippen LogP contribution in [0.4, 0.5) is 5.95 Å². The van der Waals surface area contributed by atoms with E-state index in [1.165, 1.54) is 12.8 Å². The zero-order valence-corrected chi connectivity index (χ0v) is 11.7. The van der Waals surface area contributed by atoms with Crippen LogP contribution < -0.4 is 10.6 Å². The van der Waals surface area contributed by atoms with Crippen LogP contribution in [0.3, 0.4) is 0 Å². The maximum atomic E-state index is 5.67. The van der Waals surface area contributed by atoms with Crippen LogP contribution in [0.25, 0.3) is 0 Å². The Morgan fingerprint density at radius 3 is 2.56 bits per heavy atom. The molecule has 0 atom stereocenters. The van der Waals surface area contributed by atoms with Gasteiger partial charge in [0.25, 0.3) is 0 Å². The average molecular weight is 248 g/mol. The lowest BCUT2D eigenvalue weighted by atomic mass is 9.87. The standard InChI is InChI=1S/C14H24N4/c1-10(2)12-4-6-18(7-5-12)14-16-11(3)8-13(9-15)17-14/h8,10,12H,4-7,9,15H2,1-3H3. The Balaban J connectivity index is 2.07. The number of aromatic nitrogens is 2. The average Bonchev–Trinajstić information content (AvgIpc) is 2.38. The molecule has 2 rings (SSSR count). The van der Waals surface area contributed by atoms with E-state index in [2.05, 4.69) is 28.7 Å². The number of hydrogen-bond donors (Lipinski definition) is 1. The molecule has 1 aliphatic rings. The number of hydrogen-bond acceptors (Lipinski definition) is 4. The Bertz CT molecular complexity index is 395. The summed E-state index contributed by atoms with van der Waals surface area (Å²) in [6.07, 6.45) is 2.49. The first-order chi connectivity index (χ1) is 8.60. The molecule has 0 aromatic carbocycles. The Morgan fingerprint density at radius 1 is 1.33 bits per heavy atom. The van der Waals surface area contributed by atoms with Crippen molar-refractivity contribution in [2.24, 2.45) is 17.6 Å². The van der Waals surface area contributed by atoms with Crippen molar-refractivity contribution in [1.82, 2.24) is 9.97 Å². The van der Waals surface area contributed by atoms with E-state index in [9.17, 15) is 0 Å². The number of piperidine rings is 1. The van der Waals surface area contributed by atoms with Gasteiger partial charge in [0, 0.05) is 25.3 Å². The summed E-state index contributed by atoms with van der Waals surface area (Å²) in [5, 5.41) is 0. The van der Waals surface area contributed by atoms with E-state index in [4.69, 9.17) is 5.73 Å². The highest BCUT2D eigenvalue weighted by Gasteiger charge is 2.23. The molecule has 0 radical (unpaired) electrons. The van der Waals surface area contributed by atoms with Gasteiger partial charge >= 0.3 is 0 Å². The summed E-state index contributed by atoms with van der Waals surface area (Å²) < 4.78 is 0. The number of anilines is 1. The van der Waals surface area contributed by atoms with E-state index in [-0.39, 0.29) is 0 Å². The van der Waals surface area contributed by atoms with Gasteiger partial charge in [0.1, 0.15) is 0 Å². The molecule has 4 nitrogen and oxygen atoms in total. The van der Waals surface area contributed by atoms with Crippen molar-refractivity contribution in [3.8, 4) is 0 Å². The highest BCUT2D eigenvalue weighted by Crippen LogP contribution is 2.26. The van der Waals surface area contributed by atoms with E-state index in [0.29, 0.717) is 6.54 Å². The van der Waals surface area contributed by atoms with Crippen molar-refractivity contribution in [3.05, 3.63) is 17.5 Å². The zero-order valence-electron chi connectivity index (χ0n) is 11.7. The largest absolute Gasteiger partial charge is 0.341 e. The van der Waals surface area contributed by atoms with E-state index in [1.807, 2.05) is 13.0 Å². The molecule has 1 saturated heterocycles. The number of nitrogens with zero attached hydrogens (tertiary/aromatic N) is 3. The molecule has 1 aliphatic heterocycles. The zero-order chi connectivity index (χ0) is 13.1. The van der Waals surface area contributed by atoms with Crippen molar-refractivity contribution in [1.29, 1.82) is 0 Å². The van der Waals surface area contributed by atoms with Crippen LogP contribution in [-0.2, 0) is 6.54 Å². The van der Waals surface area contributed by atoms with Gasteiger partial charge in [-0.2, -0.15) is 0 Å². The maximum absolute atomic E-state index is 5.67. The van der Waals surface area contributed by atoms with Gasteiger partial charge in [-0.15, -0.1) is 0 Å². The van der Waals surface area contributed by atoms with Crippen LogP contribution in [0.15, 0.2) is 6.07 Å². The molecule has 2 N–H and O–H groups in total. The minimum atomic E-state index is 0.485. The van der Waals surface area contributed by atoms with Crippen molar-refractivity contribution in [3.63, 3.8) is 0 Å². The second kappa shape index (κ2) is 5.65. The molecule has 100 valence electrons. The first-order valence-electron chi connectivity index (χ1n) is 6.89. The Hall–Kier alpha value is -1.16. The van der Waals surface area contributed by atoms with E-state index < -0.39 is 0 Å². The fourth-order valence-electron chi connectivity index (χ4n) is 2.63. The number of rotatable bonds is 3. The maximum Gasteiger partial charge on any atom is 0.225 e. The Labute approximate surface area is 110 Å². The summed E-state index contributed by atoms with van der Waals surface area (Å²) in [5.41, 5.74) is 7.61. The van der Waals surface area contributed by atoms with Crippen LogP contribution in [0.5, 0.6) is 0 Å². The minimum absolute atomic E-state index is 0.485. The molecule has 0 unspecified atom stereocenters. The second-order valence-corrected chi connectivity index (χ2v) is 5.57. The van der Waals surface area contributed by atoms with Crippen LogP contribution in [-0.4, -0.2) is 23.1 Å². The summed E-state index contributed by atoms with van der Waals surface area (Å²) in [5.74, 6) is 2.49. The van der Waals surface area contributed by atoms with Crippen LogP contribution in [0, 0.1) is 18.8 Å². The molecular formula is C14H24N4. The number of nitrogens with two attached hydrogens (primary N) is 1. The molecule has 0 amide bonds. The number of aryl methyl sites for hydroxylation is 1. The lowest BCUT2D eigenvalue weighted by Crippen LogP contribution is -2.36. The van der Waals surface area contributed by atoms with Crippen molar-refractivity contribution < 1.29 is 0 Å². The van der Waals surface area contributed by atoms with Crippen molar-refractivity contribution in [2.45, 2.75) is 40.2 Å². The monoisotopic (exact) mass is 248 g/mol. The second-order valence-electron chi connectivity index (χ2n) is 5.57. The molecule has 0 spiro atoms. The minimum Gasteiger partial charge on any atom is -0.341 e. The Kier molecular flexibility index (Phi) is 4.17. The normalized spacial score (nSPS) is 17.5. The molecule has 0 bridgehead atoms. The van der Waals surface area contributed by atoms with E-state index in [1.54, 1.807) is 0 Å². The van der Waals surface area contributed by atoms with Gasteiger partial charge in [0.15, 0.2) is 0 Å². The van der Waals surface area contributed by atoms with Crippen LogP contribution in [0.2, 0.25) is 0 Å². The van der Waals surface area contributed by atoms with Gasteiger partial charge < -0.3 is 10.6 Å². The fraction of sp³-hybridized carbons (Fsp3) is 0.714. The highest BCUT2D eigenvalue weighted by atomic mass is 15.3. The van der Waals surface area contributed by atoms with Gasteiger partial charge in [-0.05, 0) is 37.7 Å². The van der Waals surface area contributed by atoms with Gasteiger partial charge in [0.2, 0.25) is 5.95 Å². The predicted octanol–water partition coefficient (Wildman–Crippen LogP) is 2.12. The molecule has 18 heavy (non-hydrogen) atoms. The molecule has 4 heteroatoms. The summed E-state index contributed by atoms with van der Waals surface area (Å²) in [4.78, 5) is 11.4. The molecule has 2 heterocycles.